The molecule has 2 heterocycles. The second-order valence-electron chi connectivity index (χ2n) is 5.93. The van der Waals surface area contributed by atoms with E-state index < -0.39 is 5.60 Å². The van der Waals surface area contributed by atoms with Gasteiger partial charge in [0.25, 0.3) is 0 Å². The third-order valence-electron chi connectivity index (χ3n) is 3.48. The zero-order valence-corrected chi connectivity index (χ0v) is 10.4. The number of hydrogen-bond acceptors (Lipinski definition) is 3. The van der Waals surface area contributed by atoms with Gasteiger partial charge in [0.2, 0.25) is 0 Å². The number of nitrogens with two attached hydrogens (primary N) is 1. The van der Waals surface area contributed by atoms with Gasteiger partial charge < -0.3 is 15.4 Å². The van der Waals surface area contributed by atoms with Crippen molar-refractivity contribution in [1.82, 2.24) is 4.90 Å². The van der Waals surface area contributed by atoms with Crippen LogP contribution in [0.1, 0.15) is 46.5 Å². The zero-order valence-electron chi connectivity index (χ0n) is 10.4. The van der Waals surface area contributed by atoms with E-state index in [2.05, 4.69) is 0 Å². The topological polar surface area (TPSA) is 55.6 Å². The molecule has 2 aliphatic rings. The summed E-state index contributed by atoms with van der Waals surface area (Å²) in [5.41, 5.74) is 5.64. The maximum atomic E-state index is 12.1. The average Bonchev–Trinajstić information content (AvgIpc) is 2.46. The maximum Gasteiger partial charge on any atom is 0.410 e. The molecule has 0 aromatic heterocycles. The Hall–Kier alpha value is -0.770. The third kappa shape index (κ3) is 2.17. The molecule has 92 valence electrons. The summed E-state index contributed by atoms with van der Waals surface area (Å²) < 4.78 is 5.44. The van der Waals surface area contributed by atoms with Crippen LogP contribution >= 0.6 is 0 Å². The van der Waals surface area contributed by atoms with Gasteiger partial charge in [-0.25, -0.2) is 4.79 Å². The summed E-state index contributed by atoms with van der Waals surface area (Å²) in [5.74, 6) is 0. The van der Waals surface area contributed by atoms with Crippen LogP contribution in [0, 0.1) is 0 Å². The first kappa shape index (κ1) is 11.7. The van der Waals surface area contributed by atoms with Crippen LogP contribution in [0.3, 0.4) is 0 Å². The molecular weight excluding hydrogens is 204 g/mol. The van der Waals surface area contributed by atoms with Crippen molar-refractivity contribution in [3.05, 3.63) is 0 Å². The Bertz CT molecular complexity index is 285. The van der Waals surface area contributed by atoms with Crippen molar-refractivity contribution in [2.75, 3.05) is 0 Å². The fraction of sp³-hybridized carbons (Fsp3) is 0.917. The van der Waals surface area contributed by atoms with Crippen molar-refractivity contribution in [1.29, 1.82) is 0 Å². The smallest absolute Gasteiger partial charge is 0.410 e. The van der Waals surface area contributed by atoms with E-state index in [0.29, 0.717) is 6.04 Å². The van der Waals surface area contributed by atoms with Gasteiger partial charge in [-0.3, -0.25) is 0 Å². The monoisotopic (exact) mass is 226 g/mol. The molecule has 2 fully saturated rings. The first-order valence-electron chi connectivity index (χ1n) is 6.15. The van der Waals surface area contributed by atoms with Crippen LogP contribution in [0.5, 0.6) is 0 Å². The standard InChI is InChI=1S/C12H22N2O2/c1-12(2,3)16-11(15)14-8-4-6-9(13)10(14)7-5-8/h8-10H,4-7,13H2,1-3H3/t8-,9-,10-/m0/s1. The van der Waals surface area contributed by atoms with Crippen LogP contribution < -0.4 is 5.73 Å². The van der Waals surface area contributed by atoms with E-state index in [1.165, 1.54) is 0 Å². The molecule has 0 aliphatic carbocycles. The van der Waals surface area contributed by atoms with E-state index in [0.717, 1.165) is 25.7 Å². The second-order valence-corrected chi connectivity index (χ2v) is 5.93. The Morgan fingerprint density at radius 3 is 2.50 bits per heavy atom. The van der Waals surface area contributed by atoms with Crippen molar-refractivity contribution in [3.8, 4) is 0 Å². The SMILES string of the molecule is CC(C)(C)OC(=O)N1[C@H]2CC[C@H](N)[C@@H]1CC2. The highest BCUT2D eigenvalue weighted by atomic mass is 16.6. The van der Waals surface area contributed by atoms with Gasteiger partial charge in [-0.1, -0.05) is 0 Å². The first-order chi connectivity index (χ1) is 7.38. The number of amides is 1. The average molecular weight is 226 g/mol. The van der Waals surface area contributed by atoms with E-state index in [9.17, 15) is 4.79 Å². The number of fused-ring (bicyclic) bond motifs is 2. The van der Waals surface area contributed by atoms with Gasteiger partial charge in [-0.2, -0.15) is 0 Å². The number of piperidine rings is 1. The Morgan fingerprint density at radius 1 is 1.25 bits per heavy atom. The first-order valence-corrected chi connectivity index (χ1v) is 6.15. The van der Waals surface area contributed by atoms with Gasteiger partial charge in [0.15, 0.2) is 0 Å². The number of carbonyl (C=O) groups is 1. The molecule has 2 N–H and O–H groups in total. The van der Waals surface area contributed by atoms with Crippen LogP contribution in [0.25, 0.3) is 0 Å². The molecule has 0 spiro atoms. The normalized spacial score (nSPS) is 34.0. The Kier molecular flexibility index (Phi) is 2.86. The zero-order chi connectivity index (χ0) is 11.9. The molecule has 0 unspecified atom stereocenters. The summed E-state index contributed by atoms with van der Waals surface area (Å²) in [4.78, 5) is 14.0. The highest BCUT2D eigenvalue weighted by Gasteiger charge is 2.44. The molecule has 4 nitrogen and oxygen atoms in total. The molecular formula is C12H22N2O2. The van der Waals surface area contributed by atoms with Crippen LogP contribution in [0.2, 0.25) is 0 Å². The highest BCUT2D eigenvalue weighted by molar-refractivity contribution is 5.69. The van der Waals surface area contributed by atoms with Crippen molar-refractivity contribution in [2.45, 2.75) is 70.2 Å². The van der Waals surface area contributed by atoms with E-state index in [4.69, 9.17) is 10.5 Å². The number of hydrogen-bond donors (Lipinski definition) is 1. The highest BCUT2D eigenvalue weighted by Crippen LogP contribution is 2.35. The van der Waals surface area contributed by atoms with Crippen molar-refractivity contribution >= 4 is 6.09 Å². The van der Waals surface area contributed by atoms with E-state index in [1.54, 1.807) is 0 Å². The van der Waals surface area contributed by atoms with Crippen LogP contribution in [-0.4, -0.2) is 34.7 Å². The maximum absolute atomic E-state index is 12.1. The lowest BCUT2D eigenvalue weighted by Gasteiger charge is -2.39. The van der Waals surface area contributed by atoms with Gasteiger partial charge in [0.1, 0.15) is 5.60 Å². The van der Waals surface area contributed by atoms with Crippen LogP contribution in [-0.2, 0) is 4.74 Å². The molecule has 0 aromatic rings. The Balaban J connectivity index is 2.07. The number of nitrogens with zero attached hydrogens (tertiary/aromatic N) is 1. The summed E-state index contributed by atoms with van der Waals surface area (Å²) >= 11 is 0. The summed E-state index contributed by atoms with van der Waals surface area (Å²) in [6.07, 6.45) is 3.99. The number of ether oxygens (including phenoxy) is 1. The minimum Gasteiger partial charge on any atom is -0.444 e. The molecule has 0 radical (unpaired) electrons. The molecule has 4 heteroatoms. The quantitative estimate of drug-likeness (QED) is 0.686. The second kappa shape index (κ2) is 3.91. The van der Waals surface area contributed by atoms with E-state index in [1.807, 2.05) is 25.7 Å². The molecule has 2 bridgehead atoms. The van der Waals surface area contributed by atoms with Gasteiger partial charge in [-0.15, -0.1) is 0 Å². The van der Waals surface area contributed by atoms with Gasteiger partial charge >= 0.3 is 6.09 Å². The molecule has 1 amide bonds. The van der Waals surface area contributed by atoms with E-state index >= 15 is 0 Å². The molecule has 0 aromatic carbocycles. The lowest BCUT2D eigenvalue weighted by atomic mass is 9.99. The largest absolute Gasteiger partial charge is 0.444 e. The molecule has 2 aliphatic heterocycles. The van der Waals surface area contributed by atoms with Gasteiger partial charge in [0, 0.05) is 12.1 Å². The lowest BCUT2D eigenvalue weighted by molar-refractivity contribution is 0.00505. The Morgan fingerprint density at radius 2 is 1.88 bits per heavy atom. The van der Waals surface area contributed by atoms with E-state index in [-0.39, 0.29) is 18.2 Å². The van der Waals surface area contributed by atoms with Crippen molar-refractivity contribution < 1.29 is 9.53 Å². The minimum atomic E-state index is -0.419. The molecule has 2 saturated heterocycles. The summed E-state index contributed by atoms with van der Waals surface area (Å²) in [6.45, 7) is 5.70. The number of rotatable bonds is 0. The van der Waals surface area contributed by atoms with Crippen molar-refractivity contribution in [3.63, 3.8) is 0 Å². The predicted molar refractivity (Wildman–Crippen MR) is 62.1 cm³/mol. The summed E-state index contributed by atoms with van der Waals surface area (Å²) in [5, 5.41) is 0. The molecule has 16 heavy (non-hydrogen) atoms. The third-order valence-corrected chi connectivity index (χ3v) is 3.48. The molecule has 0 saturated carbocycles. The number of carbonyl (C=O) groups excluding carboxylic acids is 1. The molecule has 2 rings (SSSR count). The van der Waals surface area contributed by atoms with Gasteiger partial charge in [-0.05, 0) is 46.5 Å². The minimum absolute atomic E-state index is 0.131. The van der Waals surface area contributed by atoms with Crippen LogP contribution in [0.15, 0.2) is 0 Å². The predicted octanol–water partition coefficient (Wildman–Crippen LogP) is 1.88. The van der Waals surface area contributed by atoms with Crippen molar-refractivity contribution in [2.24, 2.45) is 5.73 Å². The van der Waals surface area contributed by atoms with Gasteiger partial charge in [0.05, 0.1) is 6.04 Å². The summed E-state index contributed by atoms with van der Waals surface area (Å²) in [7, 11) is 0. The Labute approximate surface area is 97.1 Å². The molecule has 3 atom stereocenters. The fourth-order valence-electron chi connectivity index (χ4n) is 2.79. The fourth-order valence-corrected chi connectivity index (χ4v) is 2.79. The van der Waals surface area contributed by atoms with Crippen LogP contribution in [0.4, 0.5) is 4.79 Å². The lowest BCUT2D eigenvalue weighted by Crippen LogP contribution is -2.54. The summed E-state index contributed by atoms with van der Waals surface area (Å²) in [6, 6.07) is 0.694.